The van der Waals surface area contributed by atoms with Gasteiger partial charge >= 0.3 is 0 Å². The Balaban J connectivity index is 1.69. The summed E-state index contributed by atoms with van der Waals surface area (Å²) in [5.41, 5.74) is 1.40. The summed E-state index contributed by atoms with van der Waals surface area (Å²) in [4.78, 5) is 28.4. The van der Waals surface area contributed by atoms with Gasteiger partial charge in [-0.25, -0.2) is 0 Å². The van der Waals surface area contributed by atoms with Crippen molar-refractivity contribution >= 4 is 5.91 Å². The van der Waals surface area contributed by atoms with Crippen LogP contribution in [0.25, 0.3) is 0 Å². The van der Waals surface area contributed by atoms with Crippen LogP contribution in [0.4, 0.5) is 0 Å². The zero-order chi connectivity index (χ0) is 16.9. The predicted octanol–water partition coefficient (Wildman–Crippen LogP) is 2.71. The summed E-state index contributed by atoms with van der Waals surface area (Å²) in [7, 11) is 0. The first kappa shape index (κ1) is 16.3. The van der Waals surface area contributed by atoms with Crippen LogP contribution < -0.4 is 5.56 Å². The van der Waals surface area contributed by atoms with Gasteiger partial charge in [0.25, 0.3) is 5.91 Å². The third kappa shape index (κ3) is 3.85. The SMILES string of the molecule is O=C(c1ccc(=O)[nH]c1)N1CCCCC1CCc1cccc(O)c1. The first-order valence-corrected chi connectivity index (χ1v) is 8.41. The average Bonchev–Trinajstić information content (AvgIpc) is 2.60. The van der Waals surface area contributed by atoms with Crippen molar-refractivity contribution in [2.24, 2.45) is 0 Å². The number of aromatic hydroxyl groups is 1. The molecule has 1 atom stereocenters. The fourth-order valence-electron chi connectivity index (χ4n) is 3.32. The van der Waals surface area contributed by atoms with Gasteiger partial charge < -0.3 is 15.0 Å². The Bertz CT molecular complexity index is 749. The number of nitrogens with zero attached hydrogens (tertiary/aromatic N) is 1. The first-order chi connectivity index (χ1) is 11.6. The first-order valence-electron chi connectivity index (χ1n) is 8.41. The number of hydrogen-bond donors (Lipinski definition) is 2. The summed E-state index contributed by atoms with van der Waals surface area (Å²) >= 11 is 0. The maximum absolute atomic E-state index is 12.8. The predicted molar refractivity (Wildman–Crippen MR) is 92.2 cm³/mol. The number of aryl methyl sites for hydroxylation is 1. The molecule has 0 saturated carbocycles. The Hall–Kier alpha value is -2.56. The van der Waals surface area contributed by atoms with E-state index in [4.69, 9.17) is 0 Å². The number of carbonyl (C=O) groups excluding carboxylic acids is 1. The van der Waals surface area contributed by atoms with Crippen LogP contribution in [0, 0.1) is 0 Å². The number of amides is 1. The van der Waals surface area contributed by atoms with Crippen LogP contribution in [0.5, 0.6) is 5.75 Å². The molecule has 1 aliphatic heterocycles. The molecule has 24 heavy (non-hydrogen) atoms. The van der Waals surface area contributed by atoms with Crippen LogP contribution >= 0.6 is 0 Å². The molecule has 1 saturated heterocycles. The van der Waals surface area contributed by atoms with Crippen molar-refractivity contribution < 1.29 is 9.90 Å². The van der Waals surface area contributed by atoms with E-state index in [0.717, 1.165) is 44.2 Å². The molecule has 0 radical (unpaired) electrons. The highest BCUT2D eigenvalue weighted by atomic mass is 16.3. The molecule has 0 aliphatic carbocycles. The minimum atomic E-state index is -0.203. The molecule has 5 heteroatoms. The summed E-state index contributed by atoms with van der Waals surface area (Å²) < 4.78 is 0. The van der Waals surface area contributed by atoms with Crippen LogP contribution in [0.15, 0.2) is 47.4 Å². The Labute approximate surface area is 140 Å². The van der Waals surface area contributed by atoms with Crippen LogP contribution in [-0.4, -0.2) is 33.5 Å². The number of H-pyrrole nitrogens is 1. The number of aromatic nitrogens is 1. The number of hydrogen-bond acceptors (Lipinski definition) is 3. The quantitative estimate of drug-likeness (QED) is 0.907. The smallest absolute Gasteiger partial charge is 0.255 e. The maximum atomic E-state index is 12.8. The molecule has 1 aromatic carbocycles. The lowest BCUT2D eigenvalue weighted by molar-refractivity contribution is 0.0601. The van der Waals surface area contributed by atoms with Crippen LogP contribution in [0.3, 0.4) is 0 Å². The Morgan fingerprint density at radius 1 is 1.25 bits per heavy atom. The highest BCUT2D eigenvalue weighted by Crippen LogP contribution is 2.24. The fourth-order valence-corrected chi connectivity index (χ4v) is 3.32. The van der Waals surface area contributed by atoms with Gasteiger partial charge in [0.05, 0.1) is 5.56 Å². The van der Waals surface area contributed by atoms with Gasteiger partial charge in [0.2, 0.25) is 5.56 Å². The number of aromatic amines is 1. The number of benzene rings is 1. The number of phenolic OH excluding ortho intramolecular Hbond substituents is 1. The van der Waals surface area contributed by atoms with E-state index >= 15 is 0 Å². The molecule has 1 amide bonds. The Morgan fingerprint density at radius 3 is 2.88 bits per heavy atom. The molecule has 1 fully saturated rings. The van der Waals surface area contributed by atoms with Crippen LogP contribution in [0.1, 0.15) is 41.6 Å². The molecule has 2 heterocycles. The fraction of sp³-hybridized carbons (Fsp3) is 0.368. The van der Waals surface area contributed by atoms with Crippen molar-refractivity contribution in [2.45, 2.75) is 38.1 Å². The maximum Gasteiger partial charge on any atom is 0.255 e. The van der Waals surface area contributed by atoms with Gasteiger partial charge in [0, 0.05) is 24.8 Å². The molecular formula is C19H22N2O3. The van der Waals surface area contributed by atoms with E-state index in [1.165, 1.54) is 12.3 Å². The number of carbonyl (C=O) groups is 1. The zero-order valence-corrected chi connectivity index (χ0v) is 13.6. The number of piperidine rings is 1. The van der Waals surface area contributed by atoms with Gasteiger partial charge in [0.1, 0.15) is 5.75 Å². The number of pyridine rings is 1. The molecule has 5 nitrogen and oxygen atoms in total. The standard InChI is InChI=1S/C19H22N2O3/c22-17-6-3-4-14(12-17)7-9-16-5-1-2-11-21(16)19(24)15-8-10-18(23)20-13-15/h3-4,6,8,10,12-13,16,22H,1-2,5,7,9,11H2,(H,20,23). The van der Waals surface area contributed by atoms with Crippen LogP contribution in [-0.2, 0) is 6.42 Å². The van der Waals surface area contributed by atoms with E-state index in [-0.39, 0.29) is 23.3 Å². The van der Waals surface area contributed by atoms with Crippen molar-refractivity contribution in [1.82, 2.24) is 9.88 Å². The van der Waals surface area contributed by atoms with Gasteiger partial charge in [-0.3, -0.25) is 9.59 Å². The molecule has 3 rings (SSSR count). The Kier molecular flexibility index (Phi) is 4.99. The van der Waals surface area contributed by atoms with Gasteiger partial charge in [-0.2, -0.15) is 0 Å². The van der Waals surface area contributed by atoms with Crippen molar-refractivity contribution in [2.75, 3.05) is 6.54 Å². The second-order valence-electron chi connectivity index (χ2n) is 6.30. The third-order valence-electron chi connectivity index (χ3n) is 4.60. The second-order valence-corrected chi connectivity index (χ2v) is 6.30. The molecule has 2 N–H and O–H groups in total. The second kappa shape index (κ2) is 7.34. The normalized spacial score (nSPS) is 17.7. The highest BCUT2D eigenvalue weighted by Gasteiger charge is 2.27. The molecule has 2 aromatic rings. The van der Waals surface area contributed by atoms with E-state index in [0.29, 0.717) is 5.56 Å². The lowest BCUT2D eigenvalue weighted by Gasteiger charge is -2.36. The van der Waals surface area contributed by atoms with Gasteiger partial charge in [-0.1, -0.05) is 12.1 Å². The molecule has 1 aromatic heterocycles. The molecular weight excluding hydrogens is 304 g/mol. The van der Waals surface area contributed by atoms with Crippen LogP contribution in [0.2, 0.25) is 0 Å². The monoisotopic (exact) mass is 326 g/mol. The number of rotatable bonds is 4. The zero-order valence-electron chi connectivity index (χ0n) is 13.6. The summed E-state index contributed by atoms with van der Waals surface area (Å²) in [5.74, 6) is 0.254. The van der Waals surface area contributed by atoms with E-state index in [9.17, 15) is 14.7 Å². The number of likely N-dealkylation sites (tertiary alicyclic amines) is 1. The van der Waals surface area contributed by atoms with Crippen molar-refractivity contribution in [3.8, 4) is 5.75 Å². The molecule has 0 spiro atoms. The number of nitrogens with one attached hydrogen (secondary N) is 1. The summed E-state index contributed by atoms with van der Waals surface area (Å²) in [5, 5.41) is 9.57. The van der Waals surface area contributed by atoms with E-state index in [2.05, 4.69) is 4.98 Å². The minimum absolute atomic E-state index is 0.0214. The average molecular weight is 326 g/mol. The van der Waals surface area contributed by atoms with Crippen molar-refractivity contribution in [3.05, 3.63) is 64.1 Å². The van der Waals surface area contributed by atoms with E-state index in [1.54, 1.807) is 18.2 Å². The van der Waals surface area contributed by atoms with Gasteiger partial charge in [0.15, 0.2) is 0 Å². The highest BCUT2D eigenvalue weighted by molar-refractivity contribution is 5.94. The number of phenols is 1. The van der Waals surface area contributed by atoms with Gasteiger partial charge in [-0.05, 0) is 55.9 Å². The van der Waals surface area contributed by atoms with Gasteiger partial charge in [-0.15, -0.1) is 0 Å². The third-order valence-corrected chi connectivity index (χ3v) is 4.60. The van der Waals surface area contributed by atoms with E-state index < -0.39 is 0 Å². The molecule has 0 bridgehead atoms. The summed E-state index contributed by atoms with van der Waals surface area (Å²) in [6.07, 6.45) is 6.32. The van der Waals surface area contributed by atoms with Crippen molar-refractivity contribution in [3.63, 3.8) is 0 Å². The molecule has 126 valence electrons. The molecule has 1 unspecified atom stereocenters. The largest absolute Gasteiger partial charge is 0.508 e. The van der Waals surface area contributed by atoms with E-state index in [1.807, 2.05) is 17.0 Å². The topological polar surface area (TPSA) is 73.4 Å². The summed E-state index contributed by atoms with van der Waals surface area (Å²) in [6.45, 7) is 0.753. The van der Waals surface area contributed by atoms with Crippen molar-refractivity contribution in [1.29, 1.82) is 0 Å². The minimum Gasteiger partial charge on any atom is -0.508 e. The lowest BCUT2D eigenvalue weighted by Crippen LogP contribution is -2.44. The lowest BCUT2D eigenvalue weighted by atomic mass is 9.95. The summed E-state index contributed by atoms with van der Waals surface area (Å²) in [6, 6.07) is 10.4. The molecule has 1 aliphatic rings. The Morgan fingerprint density at radius 2 is 2.12 bits per heavy atom.